The van der Waals surface area contributed by atoms with Crippen LogP contribution < -0.4 is 15.2 Å². The second kappa shape index (κ2) is 9.89. The Morgan fingerprint density at radius 1 is 1.16 bits per heavy atom. The molecule has 2 atom stereocenters. The first-order chi connectivity index (χ1) is 15.1. The Bertz CT molecular complexity index is 945. The molecular weight excluding hydrogens is 415 g/mol. The molecule has 8 heteroatoms. The third kappa shape index (κ3) is 6.35. The molecule has 0 radical (unpaired) electrons. The lowest BCUT2D eigenvalue weighted by atomic mass is 10.1. The Morgan fingerprint density at radius 2 is 1.88 bits per heavy atom. The molecule has 172 valence electrons. The van der Waals surface area contributed by atoms with E-state index in [2.05, 4.69) is 0 Å². The molecule has 7 nitrogen and oxygen atoms in total. The summed E-state index contributed by atoms with van der Waals surface area (Å²) in [6.45, 7) is 5.71. The summed E-state index contributed by atoms with van der Waals surface area (Å²) in [6, 6.07) is 14.3. The molecule has 0 saturated carbocycles. The van der Waals surface area contributed by atoms with Crippen molar-refractivity contribution in [3.8, 4) is 11.5 Å². The van der Waals surface area contributed by atoms with Crippen molar-refractivity contribution in [3.63, 3.8) is 0 Å². The van der Waals surface area contributed by atoms with E-state index in [1.807, 2.05) is 30.3 Å². The van der Waals surface area contributed by atoms with Gasteiger partial charge in [-0.3, -0.25) is 4.79 Å². The van der Waals surface area contributed by atoms with Gasteiger partial charge in [-0.2, -0.15) is 0 Å². The minimum atomic E-state index is -1.45. The predicted octanol–water partition coefficient (Wildman–Crippen LogP) is 4.09. The summed E-state index contributed by atoms with van der Waals surface area (Å²) >= 11 is 0. The molecule has 0 aromatic heterocycles. The van der Waals surface area contributed by atoms with Gasteiger partial charge in [-0.25, -0.2) is 9.18 Å². The third-order valence-corrected chi connectivity index (χ3v) is 4.88. The fourth-order valence-corrected chi connectivity index (χ4v) is 3.31. The van der Waals surface area contributed by atoms with E-state index in [1.54, 1.807) is 26.8 Å². The van der Waals surface area contributed by atoms with Crippen molar-refractivity contribution in [2.75, 3.05) is 13.1 Å². The van der Waals surface area contributed by atoms with Gasteiger partial charge in [0.1, 0.15) is 29.8 Å². The van der Waals surface area contributed by atoms with Crippen LogP contribution in [0.4, 0.5) is 9.18 Å². The minimum absolute atomic E-state index is 0.138. The first kappa shape index (κ1) is 23.4. The maximum Gasteiger partial charge on any atom is 0.410 e. The van der Waals surface area contributed by atoms with Crippen LogP contribution in [0.15, 0.2) is 48.5 Å². The minimum Gasteiger partial charge on any atom is -0.489 e. The van der Waals surface area contributed by atoms with E-state index in [-0.39, 0.29) is 30.8 Å². The topological polar surface area (TPSA) is 91.1 Å². The largest absolute Gasteiger partial charge is 0.489 e. The lowest BCUT2D eigenvalue weighted by molar-refractivity contribution is -0.0106. The molecule has 1 aliphatic heterocycles. The van der Waals surface area contributed by atoms with Crippen LogP contribution in [-0.4, -0.2) is 47.9 Å². The Labute approximate surface area is 187 Å². The molecular formula is C24H29FN2O5. The highest BCUT2D eigenvalue weighted by Gasteiger charge is 2.35. The van der Waals surface area contributed by atoms with E-state index in [1.165, 1.54) is 17.0 Å². The molecule has 1 fully saturated rings. The van der Waals surface area contributed by atoms with Gasteiger partial charge in [0.05, 0.1) is 12.1 Å². The van der Waals surface area contributed by atoms with Crippen molar-refractivity contribution < 1.29 is 28.2 Å². The molecule has 0 bridgehead atoms. The van der Waals surface area contributed by atoms with E-state index in [4.69, 9.17) is 19.9 Å². The van der Waals surface area contributed by atoms with Gasteiger partial charge in [0, 0.05) is 19.0 Å². The number of likely N-dealkylation sites (tertiary alicyclic amines) is 1. The number of primary amides is 1. The zero-order valence-corrected chi connectivity index (χ0v) is 18.5. The van der Waals surface area contributed by atoms with E-state index in [0.717, 1.165) is 5.56 Å². The van der Waals surface area contributed by atoms with Crippen molar-refractivity contribution in [2.45, 2.75) is 51.7 Å². The van der Waals surface area contributed by atoms with Crippen molar-refractivity contribution >= 4 is 12.0 Å². The van der Waals surface area contributed by atoms with Crippen LogP contribution in [0.2, 0.25) is 0 Å². The molecule has 2 N–H and O–H groups in total. The zero-order chi connectivity index (χ0) is 23.3. The first-order valence-corrected chi connectivity index (χ1v) is 10.5. The highest BCUT2D eigenvalue weighted by Crippen LogP contribution is 2.29. The van der Waals surface area contributed by atoms with Crippen molar-refractivity contribution in [2.24, 2.45) is 5.73 Å². The molecule has 0 unspecified atom stereocenters. The molecule has 1 heterocycles. The summed E-state index contributed by atoms with van der Waals surface area (Å²) in [5, 5.41) is 0. The van der Waals surface area contributed by atoms with Gasteiger partial charge in [0.15, 0.2) is 6.17 Å². The number of rotatable bonds is 6. The fourth-order valence-electron chi connectivity index (χ4n) is 3.31. The Balaban J connectivity index is 1.67. The average Bonchev–Trinajstić information content (AvgIpc) is 2.73. The van der Waals surface area contributed by atoms with Crippen LogP contribution in [0.3, 0.4) is 0 Å². The van der Waals surface area contributed by atoms with Crippen LogP contribution in [0, 0.1) is 0 Å². The summed E-state index contributed by atoms with van der Waals surface area (Å²) < 4.78 is 31.8. The zero-order valence-electron chi connectivity index (χ0n) is 18.5. The summed E-state index contributed by atoms with van der Waals surface area (Å²) in [4.78, 5) is 25.4. The number of hydrogen-bond acceptors (Lipinski definition) is 5. The highest BCUT2D eigenvalue weighted by atomic mass is 19.1. The van der Waals surface area contributed by atoms with Crippen LogP contribution in [0.1, 0.15) is 43.1 Å². The Morgan fingerprint density at radius 3 is 2.50 bits per heavy atom. The molecule has 0 spiro atoms. The van der Waals surface area contributed by atoms with Crippen LogP contribution in [-0.2, 0) is 11.3 Å². The van der Waals surface area contributed by atoms with Crippen LogP contribution >= 0.6 is 0 Å². The van der Waals surface area contributed by atoms with E-state index in [9.17, 15) is 14.0 Å². The lowest BCUT2D eigenvalue weighted by Crippen LogP contribution is -2.50. The number of benzene rings is 2. The quantitative estimate of drug-likeness (QED) is 0.725. The van der Waals surface area contributed by atoms with E-state index in [0.29, 0.717) is 12.4 Å². The second-order valence-electron chi connectivity index (χ2n) is 8.68. The SMILES string of the molecule is CC(C)(C)OC(=O)N1CC[C@H](Oc2cc(OCc3ccccc3)ccc2C(N)=O)[C@H](F)C1. The fraction of sp³-hybridized carbons (Fsp3) is 0.417. The van der Waals surface area contributed by atoms with Crippen molar-refractivity contribution in [1.82, 2.24) is 4.90 Å². The number of ether oxygens (including phenoxy) is 3. The molecule has 2 amide bonds. The summed E-state index contributed by atoms with van der Waals surface area (Å²) in [6.07, 6.45) is -2.61. The summed E-state index contributed by atoms with van der Waals surface area (Å²) in [7, 11) is 0. The van der Waals surface area contributed by atoms with Gasteiger partial charge in [0.25, 0.3) is 5.91 Å². The van der Waals surface area contributed by atoms with Crippen LogP contribution in [0.25, 0.3) is 0 Å². The number of hydrogen-bond donors (Lipinski definition) is 1. The molecule has 3 rings (SSSR count). The van der Waals surface area contributed by atoms with Crippen molar-refractivity contribution in [3.05, 3.63) is 59.7 Å². The number of nitrogens with two attached hydrogens (primary N) is 1. The lowest BCUT2D eigenvalue weighted by Gasteiger charge is -2.35. The van der Waals surface area contributed by atoms with Gasteiger partial charge in [-0.05, 0) is 38.5 Å². The van der Waals surface area contributed by atoms with Gasteiger partial charge in [-0.15, -0.1) is 0 Å². The molecule has 1 saturated heterocycles. The standard InChI is InChI=1S/C24H29FN2O5/c1-24(2,3)32-23(29)27-12-11-20(19(25)14-27)31-21-13-17(9-10-18(21)22(26)28)30-15-16-7-5-4-6-8-16/h4-10,13,19-20H,11-12,14-15H2,1-3H3,(H2,26,28)/t19-,20+/m1/s1. The maximum atomic E-state index is 14.9. The number of alkyl halides is 1. The van der Waals surface area contributed by atoms with Crippen LogP contribution in [0.5, 0.6) is 11.5 Å². The van der Waals surface area contributed by atoms with Gasteiger partial charge < -0.3 is 24.8 Å². The van der Waals surface area contributed by atoms with E-state index < -0.39 is 29.9 Å². The number of halogens is 1. The van der Waals surface area contributed by atoms with Gasteiger partial charge in [0.2, 0.25) is 0 Å². The normalized spacial score (nSPS) is 18.7. The molecule has 0 aliphatic carbocycles. The molecule has 2 aromatic rings. The molecule has 32 heavy (non-hydrogen) atoms. The highest BCUT2D eigenvalue weighted by molar-refractivity contribution is 5.95. The number of amides is 2. The Kier molecular flexibility index (Phi) is 7.22. The number of nitrogens with zero attached hydrogens (tertiary/aromatic N) is 1. The summed E-state index contributed by atoms with van der Waals surface area (Å²) in [5.41, 5.74) is 5.92. The number of carbonyl (C=O) groups excluding carboxylic acids is 2. The van der Waals surface area contributed by atoms with Gasteiger partial charge >= 0.3 is 6.09 Å². The number of piperidine rings is 1. The molecule has 2 aromatic carbocycles. The Hall–Kier alpha value is -3.29. The number of carbonyl (C=O) groups is 2. The predicted molar refractivity (Wildman–Crippen MR) is 117 cm³/mol. The van der Waals surface area contributed by atoms with Crippen molar-refractivity contribution in [1.29, 1.82) is 0 Å². The smallest absolute Gasteiger partial charge is 0.410 e. The monoisotopic (exact) mass is 444 g/mol. The maximum absolute atomic E-state index is 14.9. The molecule has 1 aliphatic rings. The third-order valence-electron chi connectivity index (χ3n) is 4.88. The van der Waals surface area contributed by atoms with E-state index >= 15 is 0 Å². The van der Waals surface area contributed by atoms with Gasteiger partial charge in [-0.1, -0.05) is 30.3 Å². The second-order valence-corrected chi connectivity index (χ2v) is 8.68. The summed E-state index contributed by atoms with van der Waals surface area (Å²) in [5.74, 6) is -0.0620. The first-order valence-electron chi connectivity index (χ1n) is 10.5. The average molecular weight is 445 g/mol.